The molecule has 0 aliphatic heterocycles. The van der Waals surface area contributed by atoms with Gasteiger partial charge in [-0.15, -0.1) is 30.6 Å². The third kappa shape index (κ3) is 8.60. The standard InChI is InChI=1S/C16H25N3O.HI/c1-5-11-18-16(17-6-2)19-12-14(4)20-15-9-7-13(3)8-10-15;/h5,7-10,14H,1,6,11-12H2,2-4H3,(H2,17,18,19);1H. The Morgan fingerprint density at radius 3 is 2.57 bits per heavy atom. The maximum atomic E-state index is 5.82. The Balaban J connectivity index is 0.00000400. The fraction of sp³-hybridized carbons (Fsp3) is 0.438. The summed E-state index contributed by atoms with van der Waals surface area (Å²) < 4.78 is 5.82. The molecule has 1 aromatic carbocycles. The summed E-state index contributed by atoms with van der Waals surface area (Å²) in [4.78, 5) is 4.49. The van der Waals surface area contributed by atoms with E-state index >= 15 is 0 Å². The molecule has 0 radical (unpaired) electrons. The third-order valence-electron chi connectivity index (χ3n) is 2.62. The Hall–Kier alpha value is -1.24. The fourth-order valence-corrected chi connectivity index (χ4v) is 1.62. The van der Waals surface area contributed by atoms with Gasteiger partial charge in [-0.1, -0.05) is 23.8 Å². The minimum atomic E-state index is 0. The van der Waals surface area contributed by atoms with E-state index in [0.29, 0.717) is 13.1 Å². The van der Waals surface area contributed by atoms with Crippen LogP contribution in [0.5, 0.6) is 5.75 Å². The van der Waals surface area contributed by atoms with Crippen LogP contribution < -0.4 is 15.4 Å². The summed E-state index contributed by atoms with van der Waals surface area (Å²) in [6.07, 6.45) is 1.83. The van der Waals surface area contributed by atoms with Crippen LogP contribution >= 0.6 is 24.0 Å². The third-order valence-corrected chi connectivity index (χ3v) is 2.62. The SMILES string of the molecule is C=CCNC(=NCC(C)Oc1ccc(C)cc1)NCC.I. The van der Waals surface area contributed by atoms with Gasteiger partial charge >= 0.3 is 0 Å². The summed E-state index contributed by atoms with van der Waals surface area (Å²) in [5, 5.41) is 6.34. The first-order valence-electron chi connectivity index (χ1n) is 7.02. The van der Waals surface area contributed by atoms with E-state index in [1.807, 2.05) is 38.1 Å². The number of rotatable bonds is 7. The summed E-state index contributed by atoms with van der Waals surface area (Å²) in [5.41, 5.74) is 1.23. The highest BCUT2D eigenvalue weighted by atomic mass is 127. The summed E-state index contributed by atoms with van der Waals surface area (Å²) in [6, 6.07) is 8.05. The predicted octanol–water partition coefficient (Wildman–Crippen LogP) is 3.12. The second kappa shape index (κ2) is 11.4. The van der Waals surface area contributed by atoms with Crippen LogP contribution in [0.4, 0.5) is 0 Å². The Morgan fingerprint density at radius 1 is 1.33 bits per heavy atom. The number of guanidine groups is 1. The summed E-state index contributed by atoms with van der Waals surface area (Å²) in [7, 11) is 0. The molecule has 0 heterocycles. The molecule has 118 valence electrons. The number of hydrogen-bond donors (Lipinski definition) is 2. The molecule has 2 N–H and O–H groups in total. The first-order chi connectivity index (χ1) is 9.65. The lowest BCUT2D eigenvalue weighted by molar-refractivity contribution is 0.230. The molecule has 4 nitrogen and oxygen atoms in total. The number of nitrogens with zero attached hydrogens (tertiary/aromatic N) is 1. The molecule has 5 heteroatoms. The van der Waals surface area contributed by atoms with E-state index in [4.69, 9.17) is 4.74 Å². The molecule has 0 fully saturated rings. The van der Waals surface area contributed by atoms with Crippen LogP contribution in [-0.4, -0.2) is 31.7 Å². The van der Waals surface area contributed by atoms with Gasteiger partial charge in [-0.25, -0.2) is 4.99 Å². The highest BCUT2D eigenvalue weighted by Gasteiger charge is 2.04. The van der Waals surface area contributed by atoms with Gasteiger partial charge in [-0.2, -0.15) is 0 Å². The van der Waals surface area contributed by atoms with Gasteiger partial charge in [0.25, 0.3) is 0 Å². The van der Waals surface area contributed by atoms with Gasteiger partial charge < -0.3 is 15.4 Å². The highest BCUT2D eigenvalue weighted by Crippen LogP contribution is 2.13. The van der Waals surface area contributed by atoms with Crippen molar-refractivity contribution in [3.8, 4) is 5.75 Å². The zero-order valence-electron chi connectivity index (χ0n) is 13.1. The van der Waals surface area contributed by atoms with Crippen molar-refractivity contribution in [1.82, 2.24) is 10.6 Å². The highest BCUT2D eigenvalue weighted by molar-refractivity contribution is 14.0. The molecular weight excluding hydrogens is 377 g/mol. The van der Waals surface area contributed by atoms with Gasteiger partial charge in [0.15, 0.2) is 5.96 Å². The van der Waals surface area contributed by atoms with Crippen LogP contribution in [0.25, 0.3) is 0 Å². The lowest BCUT2D eigenvalue weighted by Crippen LogP contribution is -2.38. The molecule has 0 aliphatic carbocycles. The summed E-state index contributed by atoms with van der Waals surface area (Å²) >= 11 is 0. The average Bonchev–Trinajstić information content (AvgIpc) is 2.44. The van der Waals surface area contributed by atoms with Gasteiger partial charge in [0.2, 0.25) is 0 Å². The zero-order chi connectivity index (χ0) is 14.8. The second-order valence-electron chi connectivity index (χ2n) is 4.63. The van der Waals surface area contributed by atoms with Crippen LogP contribution in [0.2, 0.25) is 0 Å². The van der Waals surface area contributed by atoms with Crippen molar-refractivity contribution in [2.45, 2.75) is 26.9 Å². The van der Waals surface area contributed by atoms with E-state index in [0.717, 1.165) is 18.3 Å². The molecule has 0 aromatic heterocycles. The number of aryl methyl sites for hydroxylation is 1. The number of aliphatic imine (C=N–C) groups is 1. The van der Waals surface area contributed by atoms with Crippen molar-refractivity contribution in [3.05, 3.63) is 42.5 Å². The maximum Gasteiger partial charge on any atom is 0.191 e. The molecule has 0 saturated heterocycles. The van der Waals surface area contributed by atoms with E-state index in [1.54, 1.807) is 6.08 Å². The first kappa shape index (κ1) is 19.8. The Morgan fingerprint density at radius 2 is 2.00 bits per heavy atom. The number of ether oxygens (including phenoxy) is 1. The van der Waals surface area contributed by atoms with Crippen LogP contribution in [0, 0.1) is 6.92 Å². The molecule has 1 unspecified atom stereocenters. The smallest absolute Gasteiger partial charge is 0.191 e. The lowest BCUT2D eigenvalue weighted by Gasteiger charge is -2.14. The van der Waals surface area contributed by atoms with Crippen molar-refractivity contribution in [2.75, 3.05) is 19.6 Å². The van der Waals surface area contributed by atoms with Gasteiger partial charge in [0, 0.05) is 13.1 Å². The van der Waals surface area contributed by atoms with Gasteiger partial charge in [-0.05, 0) is 32.9 Å². The molecule has 1 atom stereocenters. The van der Waals surface area contributed by atoms with E-state index in [2.05, 4.69) is 29.1 Å². The number of nitrogens with one attached hydrogen (secondary N) is 2. The van der Waals surface area contributed by atoms with Crippen LogP contribution in [0.15, 0.2) is 41.9 Å². The number of hydrogen-bond acceptors (Lipinski definition) is 2. The fourth-order valence-electron chi connectivity index (χ4n) is 1.62. The van der Waals surface area contributed by atoms with Gasteiger partial charge in [-0.3, -0.25) is 0 Å². The lowest BCUT2D eigenvalue weighted by atomic mass is 10.2. The molecule has 1 aromatic rings. The van der Waals surface area contributed by atoms with Crippen molar-refractivity contribution >= 4 is 29.9 Å². The average molecular weight is 403 g/mol. The van der Waals surface area contributed by atoms with Crippen LogP contribution in [0.1, 0.15) is 19.4 Å². The molecular formula is C16H26IN3O. The molecule has 1 rings (SSSR count). The first-order valence-corrected chi connectivity index (χ1v) is 7.02. The van der Waals surface area contributed by atoms with Gasteiger partial charge in [0.1, 0.15) is 11.9 Å². The Labute approximate surface area is 145 Å². The van der Waals surface area contributed by atoms with Crippen molar-refractivity contribution < 1.29 is 4.74 Å². The Kier molecular flexibility index (Phi) is 10.7. The van der Waals surface area contributed by atoms with Crippen molar-refractivity contribution in [1.29, 1.82) is 0 Å². The normalized spacial score (nSPS) is 12.0. The molecule has 0 spiro atoms. The van der Waals surface area contributed by atoms with Crippen LogP contribution in [0.3, 0.4) is 0 Å². The monoisotopic (exact) mass is 403 g/mol. The zero-order valence-corrected chi connectivity index (χ0v) is 15.4. The van der Waals surface area contributed by atoms with E-state index < -0.39 is 0 Å². The maximum absolute atomic E-state index is 5.82. The predicted molar refractivity (Wildman–Crippen MR) is 101 cm³/mol. The molecule has 0 amide bonds. The quantitative estimate of drug-likeness (QED) is 0.318. The molecule has 0 saturated carbocycles. The number of benzene rings is 1. The minimum Gasteiger partial charge on any atom is -0.489 e. The molecule has 0 bridgehead atoms. The minimum absolute atomic E-state index is 0. The van der Waals surface area contributed by atoms with Crippen molar-refractivity contribution in [2.24, 2.45) is 4.99 Å². The summed E-state index contributed by atoms with van der Waals surface area (Å²) in [5.74, 6) is 1.66. The van der Waals surface area contributed by atoms with Crippen molar-refractivity contribution in [3.63, 3.8) is 0 Å². The van der Waals surface area contributed by atoms with E-state index in [9.17, 15) is 0 Å². The molecule has 21 heavy (non-hydrogen) atoms. The van der Waals surface area contributed by atoms with Gasteiger partial charge in [0.05, 0.1) is 6.54 Å². The topological polar surface area (TPSA) is 45.7 Å². The second-order valence-corrected chi connectivity index (χ2v) is 4.63. The van der Waals surface area contributed by atoms with E-state index in [1.165, 1.54) is 5.56 Å². The number of halogens is 1. The molecule has 0 aliphatic rings. The largest absolute Gasteiger partial charge is 0.489 e. The Bertz CT molecular complexity index is 432. The van der Waals surface area contributed by atoms with Crippen LogP contribution in [-0.2, 0) is 0 Å². The van der Waals surface area contributed by atoms with E-state index in [-0.39, 0.29) is 30.1 Å². The summed E-state index contributed by atoms with van der Waals surface area (Å²) in [6.45, 7) is 11.9.